The van der Waals surface area contributed by atoms with E-state index in [1.54, 1.807) is 0 Å². The smallest absolute Gasteiger partial charge is 0.0599 e. The summed E-state index contributed by atoms with van der Waals surface area (Å²) in [6.07, 6.45) is 3.72. The summed E-state index contributed by atoms with van der Waals surface area (Å²) >= 11 is 0. The number of nitrogens with zero attached hydrogens (tertiary/aromatic N) is 2. The van der Waals surface area contributed by atoms with Gasteiger partial charge in [0, 0.05) is 17.9 Å². The molecule has 0 N–H and O–H groups in total. The van der Waals surface area contributed by atoms with E-state index in [1.807, 2.05) is 18.5 Å². The molecule has 0 atom stereocenters. The standard InChI is InChI=1S/C18H18N2/c1-14(2)20(18-8-5-11-19-13-18)17-10-9-15-6-3-4-7-16(15)12-17/h3-14H,1-2H3. The normalized spacial score (nSPS) is 10.9. The van der Waals surface area contributed by atoms with Crippen molar-refractivity contribution >= 4 is 22.1 Å². The van der Waals surface area contributed by atoms with Crippen molar-refractivity contribution in [2.45, 2.75) is 19.9 Å². The van der Waals surface area contributed by atoms with E-state index >= 15 is 0 Å². The van der Waals surface area contributed by atoms with Crippen LogP contribution in [0.15, 0.2) is 67.0 Å². The molecular weight excluding hydrogens is 244 g/mol. The highest BCUT2D eigenvalue weighted by Gasteiger charge is 2.13. The van der Waals surface area contributed by atoms with Gasteiger partial charge in [-0.3, -0.25) is 4.98 Å². The number of pyridine rings is 1. The predicted octanol–water partition coefficient (Wildman–Crippen LogP) is 4.78. The van der Waals surface area contributed by atoms with Crippen molar-refractivity contribution in [3.05, 3.63) is 67.0 Å². The number of benzene rings is 2. The number of hydrogen-bond acceptors (Lipinski definition) is 2. The van der Waals surface area contributed by atoms with Crippen molar-refractivity contribution in [3.8, 4) is 0 Å². The van der Waals surface area contributed by atoms with E-state index in [0.717, 1.165) is 5.69 Å². The molecule has 2 nitrogen and oxygen atoms in total. The number of hydrogen-bond donors (Lipinski definition) is 0. The molecular formula is C18H18N2. The van der Waals surface area contributed by atoms with Crippen LogP contribution in [-0.4, -0.2) is 11.0 Å². The van der Waals surface area contributed by atoms with Crippen LogP contribution in [0.25, 0.3) is 10.8 Å². The second-order valence-electron chi connectivity index (χ2n) is 5.21. The van der Waals surface area contributed by atoms with Gasteiger partial charge in [0.2, 0.25) is 0 Å². The predicted molar refractivity (Wildman–Crippen MR) is 85.5 cm³/mol. The minimum absolute atomic E-state index is 0.375. The molecule has 20 heavy (non-hydrogen) atoms. The van der Waals surface area contributed by atoms with Crippen molar-refractivity contribution in [1.29, 1.82) is 0 Å². The zero-order valence-electron chi connectivity index (χ0n) is 11.8. The highest BCUT2D eigenvalue weighted by molar-refractivity contribution is 5.86. The summed E-state index contributed by atoms with van der Waals surface area (Å²) in [5, 5.41) is 2.53. The molecule has 0 aliphatic carbocycles. The molecule has 0 aliphatic rings. The van der Waals surface area contributed by atoms with Crippen molar-refractivity contribution in [1.82, 2.24) is 4.98 Å². The molecule has 0 amide bonds. The van der Waals surface area contributed by atoms with Crippen molar-refractivity contribution in [2.75, 3.05) is 4.90 Å². The first kappa shape index (κ1) is 12.7. The van der Waals surface area contributed by atoms with E-state index in [0.29, 0.717) is 6.04 Å². The van der Waals surface area contributed by atoms with Crippen molar-refractivity contribution < 1.29 is 0 Å². The highest BCUT2D eigenvalue weighted by atomic mass is 15.2. The molecule has 0 unspecified atom stereocenters. The maximum atomic E-state index is 4.23. The van der Waals surface area contributed by atoms with Crippen LogP contribution >= 0.6 is 0 Å². The first-order valence-electron chi connectivity index (χ1n) is 6.94. The molecule has 0 fully saturated rings. The SMILES string of the molecule is CC(C)N(c1cccnc1)c1ccc2ccccc2c1. The van der Waals surface area contributed by atoms with Crippen LogP contribution in [0.5, 0.6) is 0 Å². The Bertz CT molecular complexity index is 705. The fourth-order valence-corrected chi connectivity index (χ4v) is 2.57. The summed E-state index contributed by atoms with van der Waals surface area (Å²) in [7, 11) is 0. The summed E-state index contributed by atoms with van der Waals surface area (Å²) in [5.41, 5.74) is 2.32. The van der Waals surface area contributed by atoms with E-state index < -0.39 is 0 Å². The average molecular weight is 262 g/mol. The molecule has 0 bridgehead atoms. The van der Waals surface area contributed by atoms with E-state index in [4.69, 9.17) is 0 Å². The topological polar surface area (TPSA) is 16.1 Å². The Kier molecular flexibility index (Phi) is 3.38. The summed E-state index contributed by atoms with van der Waals surface area (Å²) in [5.74, 6) is 0. The van der Waals surface area contributed by atoms with Crippen LogP contribution < -0.4 is 4.90 Å². The van der Waals surface area contributed by atoms with Gasteiger partial charge in [-0.15, -0.1) is 0 Å². The molecule has 0 spiro atoms. The van der Waals surface area contributed by atoms with Gasteiger partial charge in [-0.2, -0.15) is 0 Å². The highest BCUT2D eigenvalue weighted by Crippen LogP contribution is 2.29. The van der Waals surface area contributed by atoms with Crippen LogP contribution in [0, 0.1) is 0 Å². The lowest BCUT2D eigenvalue weighted by Crippen LogP contribution is -2.25. The number of anilines is 2. The summed E-state index contributed by atoms with van der Waals surface area (Å²) in [6, 6.07) is 19.5. The van der Waals surface area contributed by atoms with Crippen LogP contribution in [0.3, 0.4) is 0 Å². The minimum Gasteiger partial charge on any atom is -0.338 e. The molecule has 100 valence electrons. The summed E-state index contributed by atoms with van der Waals surface area (Å²) < 4.78 is 0. The lowest BCUT2D eigenvalue weighted by molar-refractivity contribution is 0.787. The Morgan fingerprint density at radius 2 is 1.65 bits per heavy atom. The van der Waals surface area contributed by atoms with Gasteiger partial charge in [0.1, 0.15) is 0 Å². The maximum absolute atomic E-state index is 4.23. The maximum Gasteiger partial charge on any atom is 0.0599 e. The molecule has 1 aromatic heterocycles. The average Bonchev–Trinajstić information content (AvgIpc) is 2.48. The number of aromatic nitrogens is 1. The van der Waals surface area contributed by atoms with Gasteiger partial charge < -0.3 is 4.90 Å². The van der Waals surface area contributed by atoms with E-state index in [1.165, 1.54) is 16.5 Å². The summed E-state index contributed by atoms with van der Waals surface area (Å²) in [4.78, 5) is 6.54. The molecule has 0 radical (unpaired) electrons. The zero-order chi connectivity index (χ0) is 13.9. The Morgan fingerprint density at radius 3 is 2.35 bits per heavy atom. The zero-order valence-corrected chi connectivity index (χ0v) is 11.8. The van der Waals surface area contributed by atoms with Gasteiger partial charge in [0.25, 0.3) is 0 Å². The second-order valence-corrected chi connectivity index (χ2v) is 5.21. The molecule has 3 rings (SSSR count). The van der Waals surface area contributed by atoms with Crippen LogP contribution in [0.2, 0.25) is 0 Å². The molecule has 1 heterocycles. The third-order valence-corrected chi connectivity index (χ3v) is 3.45. The Morgan fingerprint density at radius 1 is 0.850 bits per heavy atom. The molecule has 3 aromatic rings. The van der Waals surface area contributed by atoms with Crippen LogP contribution in [0.1, 0.15) is 13.8 Å². The van der Waals surface area contributed by atoms with Gasteiger partial charge in [0.15, 0.2) is 0 Å². The fourth-order valence-electron chi connectivity index (χ4n) is 2.57. The molecule has 2 aromatic carbocycles. The van der Waals surface area contributed by atoms with Gasteiger partial charge in [-0.1, -0.05) is 30.3 Å². The minimum atomic E-state index is 0.375. The Hall–Kier alpha value is -2.35. The monoisotopic (exact) mass is 262 g/mol. The lowest BCUT2D eigenvalue weighted by Gasteiger charge is -2.29. The lowest BCUT2D eigenvalue weighted by atomic mass is 10.1. The second kappa shape index (κ2) is 5.33. The molecule has 0 saturated heterocycles. The third kappa shape index (κ3) is 2.37. The Labute approximate surface area is 119 Å². The van der Waals surface area contributed by atoms with Gasteiger partial charge in [-0.05, 0) is 48.9 Å². The van der Waals surface area contributed by atoms with Crippen LogP contribution in [0.4, 0.5) is 11.4 Å². The number of fused-ring (bicyclic) bond motifs is 1. The Balaban J connectivity index is 2.10. The molecule has 0 aliphatic heterocycles. The quantitative estimate of drug-likeness (QED) is 0.675. The van der Waals surface area contributed by atoms with Crippen LogP contribution in [-0.2, 0) is 0 Å². The van der Waals surface area contributed by atoms with Crippen molar-refractivity contribution in [3.63, 3.8) is 0 Å². The van der Waals surface area contributed by atoms with Crippen molar-refractivity contribution in [2.24, 2.45) is 0 Å². The molecule has 2 heteroatoms. The van der Waals surface area contributed by atoms with E-state index in [9.17, 15) is 0 Å². The van der Waals surface area contributed by atoms with Gasteiger partial charge in [0.05, 0.1) is 11.9 Å². The largest absolute Gasteiger partial charge is 0.338 e. The van der Waals surface area contributed by atoms with Gasteiger partial charge in [-0.25, -0.2) is 0 Å². The first-order chi connectivity index (χ1) is 9.75. The van der Waals surface area contributed by atoms with E-state index in [2.05, 4.69) is 72.3 Å². The first-order valence-corrected chi connectivity index (χ1v) is 6.94. The van der Waals surface area contributed by atoms with Gasteiger partial charge >= 0.3 is 0 Å². The fraction of sp³-hybridized carbons (Fsp3) is 0.167. The summed E-state index contributed by atoms with van der Waals surface area (Å²) in [6.45, 7) is 4.39. The molecule has 0 saturated carbocycles. The van der Waals surface area contributed by atoms with E-state index in [-0.39, 0.29) is 0 Å². The number of rotatable bonds is 3. The third-order valence-electron chi connectivity index (χ3n) is 3.45.